The van der Waals surface area contributed by atoms with Gasteiger partial charge in [0.2, 0.25) is 0 Å². The molecule has 0 radical (unpaired) electrons. The summed E-state index contributed by atoms with van der Waals surface area (Å²) in [5.74, 6) is 0. The van der Waals surface area contributed by atoms with E-state index in [4.69, 9.17) is 3.63 Å². The summed E-state index contributed by atoms with van der Waals surface area (Å²) < 4.78 is 77.4. The lowest BCUT2D eigenvalue weighted by molar-refractivity contribution is -0.0496. The third-order valence-electron chi connectivity index (χ3n) is 8.76. The summed E-state index contributed by atoms with van der Waals surface area (Å²) in [6, 6.07) is 12.3. The summed E-state index contributed by atoms with van der Waals surface area (Å²) >= 11 is 0. The zero-order chi connectivity index (χ0) is 33.7. The first-order valence-corrected chi connectivity index (χ1v) is 19.5. The highest BCUT2D eigenvalue weighted by Gasteiger charge is 2.54. The van der Waals surface area contributed by atoms with Crippen molar-refractivity contribution in [3.63, 3.8) is 0 Å². The number of hydrogen-bond acceptors (Lipinski definition) is 3. The molecule has 3 nitrogen and oxygen atoms in total. The smallest absolute Gasteiger partial charge is 0.200 e. The van der Waals surface area contributed by atoms with Crippen LogP contribution in [0.15, 0.2) is 51.1 Å². The van der Waals surface area contributed by atoms with Crippen LogP contribution in [0, 0.1) is 0 Å². The van der Waals surface area contributed by atoms with E-state index in [1.54, 1.807) is 0 Å². The molecule has 0 aromatic heterocycles. The molecule has 8 heteroatoms. The van der Waals surface area contributed by atoms with Crippen LogP contribution in [0.2, 0.25) is 0 Å². The van der Waals surface area contributed by atoms with Crippen molar-refractivity contribution in [2.24, 2.45) is 0 Å². The predicted octanol–water partition coefficient (Wildman–Crippen LogP) is 10.8. The second-order valence-electron chi connectivity index (χ2n) is 11.4. The molecule has 3 aromatic carbocycles. The van der Waals surface area contributed by atoms with Gasteiger partial charge in [0, 0.05) is 14.7 Å². The Balaban J connectivity index is 2.93. The maximum Gasteiger partial charge on any atom is 0.524 e. The molecule has 0 unspecified atom stereocenters. The number of halogens is 3. The quantitative estimate of drug-likeness (QED) is 0.161. The summed E-state index contributed by atoms with van der Waals surface area (Å²) in [5, 5.41) is 0. The van der Waals surface area contributed by atoms with Gasteiger partial charge in [0.15, 0.2) is 0 Å². The van der Waals surface area contributed by atoms with Gasteiger partial charge in [-0.15, -0.1) is 0 Å². The van der Waals surface area contributed by atoms with E-state index in [0.29, 0.717) is 53.2 Å². The van der Waals surface area contributed by atoms with E-state index >= 15 is 0 Å². The van der Waals surface area contributed by atoms with Crippen molar-refractivity contribution in [2.75, 3.05) is 0 Å². The minimum Gasteiger partial charge on any atom is -0.200 e. The molecule has 0 aliphatic heterocycles. The third-order valence-corrected chi connectivity index (χ3v) is 14.2. The second-order valence-corrected chi connectivity index (χ2v) is 15.7. The lowest BCUT2D eigenvalue weighted by atomic mass is 10.00. The maximum absolute atomic E-state index is 14.7. The van der Waals surface area contributed by atoms with Crippen LogP contribution < -0.4 is 0 Å². The fourth-order valence-electron chi connectivity index (χ4n) is 6.36. The first kappa shape index (κ1) is 37.2. The van der Waals surface area contributed by atoms with Gasteiger partial charge in [-0.2, -0.15) is 25.2 Å². The fraction of sp³-hybridized carbons (Fsp3) is 0.514. The fourth-order valence-corrected chi connectivity index (χ4v) is 12.6. The Bertz CT molecular complexity index is 1380. The van der Waals surface area contributed by atoms with Crippen LogP contribution in [-0.4, -0.2) is 13.9 Å². The van der Waals surface area contributed by atoms with Gasteiger partial charge < -0.3 is 0 Å². The van der Waals surface area contributed by atoms with Gasteiger partial charge in [-0.05, 0) is 118 Å². The molecule has 0 N–H and O–H groups in total. The topological polar surface area (TPSA) is 43.4 Å². The average molecular weight is 665 g/mol. The highest BCUT2D eigenvalue weighted by atomic mass is 32.3. The normalized spacial score (nSPS) is 13.0. The highest BCUT2D eigenvalue weighted by Crippen LogP contribution is 2.75. The number of hydrogen-bond donors (Lipinski definition) is 0. The van der Waals surface area contributed by atoms with Crippen molar-refractivity contribution >= 4 is 20.4 Å². The molecule has 0 saturated heterocycles. The van der Waals surface area contributed by atoms with E-state index in [-0.39, 0.29) is 0 Å². The van der Waals surface area contributed by atoms with Crippen LogP contribution >= 0.6 is 10.3 Å². The van der Waals surface area contributed by atoms with Crippen LogP contribution in [0.25, 0.3) is 0 Å². The molecule has 0 atom stereocenters. The van der Waals surface area contributed by atoms with Crippen LogP contribution in [0.3, 0.4) is 0 Å². The Morgan fingerprint density at radius 1 is 0.467 bits per heavy atom. The van der Waals surface area contributed by atoms with Gasteiger partial charge >= 0.3 is 15.6 Å². The number of rotatable bonds is 14. The van der Waals surface area contributed by atoms with E-state index in [1.165, 1.54) is 0 Å². The van der Waals surface area contributed by atoms with Crippen molar-refractivity contribution in [1.82, 2.24) is 0 Å². The van der Waals surface area contributed by atoms with Crippen LogP contribution in [0.4, 0.5) is 13.2 Å². The zero-order valence-corrected chi connectivity index (χ0v) is 30.1. The summed E-state index contributed by atoms with van der Waals surface area (Å²) in [7, 11) is -9.57. The first-order chi connectivity index (χ1) is 21.3. The maximum atomic E-state index is 14.7. The van der Waals surface area contributed by atoms with Crippen molar-refractivity contribution in [1.29, 1.82) is 0 Å². The van der Waals surface area contributed by atoms with Gasteiger partial charge in [0.1, 0.15) is 0 Å². The Morgan fingerprint density at radius 2 is 0.689 bits per heavy atom. The molecule has 3 rings (SSSR count). The van der Waals surface area contributed by atoms with Crippen LogP contribution in [0.5, 0.6) is 0 Å². The molecular formula is C37H51F3O3S2. The van der Waals surface area contributed by atoms with Crippen LogP contribution in [0.1, 0.15) is 112 Å². The van der Waals surface area contributed by atoms with E-state index in [1.807, 2.05) is 41.5 Å². The molecule has 3 aromatic rings. The van der Waals surface area contributed by atoms with Gasteiger partial charge in [-0.25, -0.2) is 0 Å². The Labute approximate surface area is 271 Å². The summed E-state index contributed by atoms with van der Waals surface area (Å²) in [5.41, 5.74) is 2.64. The van der Waals surface area contributed by atoms with Crippen molar-refractivity contribution in [3.05, 3.63) is 86.5 Å². The standard InChI is InChI=1S/C37H51F3O3S2/c1-10-25-19-28(13-4)34(29(14-5)20-25)44(43-45(41,42)37(38,39)40,35-30(15-6)21-26(11-2)22-31(35)16-7)36-32(17-8)23-27(12-3)24-33(36)18-9/h19-24H,10-18H2,1-9H3. The Hall–Kier alpha value is -2.29. The third kappa shape index (κ3) is 7.03. The van der Waals surface area contributed by atoms with Crippen LogP contribution in [-0.2, 0) is 71.5 Å². The Morgan fingerprint density at radius 3 is 0.844 bits per heavy atom. The van der Waals surface area contributed by atoms with E-state index in [9.17, 15) is 21.6 Å². The van der Waals surface area contributed by atoms with Crippen molar-refractivity contribution in [2.45, 2.75) is 140 Å². The summed E-state index contributed by atoms with van der Waals surface area (Å²) in [6.45, 7) is 18.1. The molecule has 45 heavy (non-hydrogen) atoms. The van der Waals surface area contributed by atoms with E-state index in [0.717, 1.165) is 69.3 Å². The first-order valence-electron chi connectivity index (χ1n) is 16.6. The molecule has 0 heterocycles. The molecule has 0 bridgehead atoms. The minimum absolute atomic E-state index is 0.520. The molecular weight excluding hydrogens is 614 g/mol. The molecule has 250 valence electrons. The Kier molecular flexibility index (Phi) is 12.5. The average Bonchev–Trinajstić information content (AvgIpc) is 3.04. The number of aryl methyl sites for hydroxylation is 9. The molecule has 0 spiro atoms. The predicted molar refractivity (Wildman–Crippen MR) is 182 cm³/mol. The van der Waals surface area contributed by atoms with Gasteiger partial charge in [0.25, 0.3) is 0 Å². The van der Waals surface area contributed by atoms with E-state index in [2.05, 4.69) is 57.2 Å². The zero-order valence-electron chi connectivity index (χ0n) is 28.5. The summed E-state index contributed by atoms with van der Waals surface area (Å²) in [4.78, 5) is 1.83. The molecule has 0 saturated carbocycles. The molecule has 0 aliphatic carbocycles. The second kappa shape index (κ2) is 15.1. The van der Waals surface area contributed by atoms with Crippen molar-refractivity contribution in [3.8, 4) is 0 Å². The number of benzene rings is 3. The monoisotopic (exact) mass is 664 g/mol. The SMILES string of the molecule is CCc1cc(CC)c(S(OS(=O)(=O)C(F)(F)F)(c2c(CC)cc(CC)cc2CC)c2c(CC)cc(CC)cc2CC)c(CC)c1. The molecule has 0 fully saturated rings. The highest BCUT2D eigenvalue weighted by molar-refractivity contribution is 8.33. The minimum atomic E-state index is -6.06. The van der Waals surface area contributed by atoms with Crippen molar-refractivity contribution < 1.29 is 25.2 Å². The molecule has 0 amide bonds. The lowest BCUT2D eigenvalue weighted by Crippen LogP contribution is -2.30. The van der Waals surface area contributed by atoms with Gasteiger partial charge in [0.05, 0.1) is 0 Å². The molecule has 0 aliphatic rings. The largest absolute Gasteiger partial charge is 0.524 e. The van der Waals surface area contributed by atoms with Gasteiger partial charge in [-0.1, -0.05) is 98.7 Å². The van der Waals surface area contributed by atoms with Gasteiger partial charge in [-0.3, -0.25) is 0 Å². The summed E-state index contributed by atoms with van der Waals surface area (Å²) in [6.07, 6.45) is 5.38. The van der Waals surface area contributed by atoms with E-state index < -0.39 is 25.9 Å². The lowest BCUT2D eigenvalue weighted by Gasteiger charge is -2.46. The number of alkyl halides is 3.